The van der Waals surface area contributed by atoms with Gasteiger partial charge in [0.2, 0.25) is 0 Å². The van der Waals surface area contributed by atoms with Crippen molar-refractivity contribution in [1.82, 2.24) is 19.6 Å². The third kappa shape index (κ3) is 2.50. The van der Waals surface area contributed by atoms with E-state index in [0.717, 1.165) is 43.0 Å². The predicted octanol–water partition coefficient (Wildman–Crippen LogP) is 1.82. The van der Waals surface area contributed by atoms with Gasteiger partial charge in [-0.15, -0.1) is 0 Å². The molecule has 1 aliphatic rings. The number of aromatic nitrogens is 2. The Kier molecular flexibility index (Phi) is 3.64. The molecule has 19 heavy (non-hydrogen) atoms. The molecule has 5 heteroatoms. The summed E-state index contributed by atoms with van der Waals surface area (Å²) in [5, 5.41) is 12.7. The summed E-state index contributed by atoms with van der Waals surface area (Å²) < 4.78 is 2.06. The molecule has 0 amide bonds. The minimum atomic E-state index is 0.472. The Morgan fingerprint density at radius 3 is 2.63 bits per heavy atom. The quantitative estimate of drug-likeness (QED) is 0.652. The molecule has 2 heterocycles. The van der Waals surface area contributed by atoms with Gasteiger partial charge in [-0.25, -0.2) is 0 Å². The van der Waals surface area contributed by atoms with Crippen LogP contribution in [0, 0.1) is 12.3 Å². The largest absolute Gasteiger partial charge is 0.370 e. The maximum atomic E-state index is 8.11. The molecule has 5 nitrogen and oxygen atoms in total. The molecule has 1 aromatic heterocycles. The maximum Gasteiger partial charge on any atom is 0.148 e. The van der Waals surface area contributed by atoms with Crippen LogP contribution in [0.15, 0.2) is 12.3 Å². The molecular formula is C14H23N5. The topological polar surface area (TPSA) is 48.2 Å². The highest BCUT2D eigenvalue weighted by molar-refractivity contribution is 5.95. The monoisotopic (exact) mass is 261 g/mol. The summed E-state index contributed by atoms with van der Waals surface area (Å²) in [6.07, 6.45) is 1.07. The summed E-state index contributed by atoms with van der Waals surface area (Å²) in [5.41, 5.74) is 4.22. The van der Waals surface area contributed by atoms with Gasteiger partial charge in [0.1, 0.15) is 11.5 Å². The van der Waals surface area contributed by atoms with Gasteiger partial charge in [-0.05, 0) is 20.3 Å². The van der Waals surface area contributed by atoms with E-state index in [9.17, 15) is 0 Å². The minimum Gasteiger partial charge on any atom is -0.370 e. The van der Waals surface area contributed by atoms with Gasteiger partial charge >= 0.3 is 0 Å². The van der Waals surface area contributed by atoms with E-state index in [1.54, 1.807) is 4.90 Å². The molecule has 104 valence electrons. The van der Waals surface area contributed by atoms with E-state index in [-0.39, 0.29) is 0 Å². The minimum absolute atomic E-state index is 0.472. The lowest BCUT2D eigenvalue weighted by Crippen LogP contribution is -2.24. The molecule has 1 aliphatic heterocycles. The summed E-state index contributed by atoms with van der Waals surface area (Å²) in [6.45, 7) is 10.9. The highest BCUT2D eigenvalue weighted by Crippen LogP contribution is 2.21. The second-order valence-corrected chi connectivity index (χ2v) is 5.40. The molecule has 0 unspecified atom stereocenters. The van der Waals surface area contributed by atoms with Crippen LogP contribution in [0.25, 0.3) is 0 Å². The fourth-order valence-corrected chi connectivity index (χ4v) is 2.41. The van der Waals surface area contributed by atoms with E-state index >= 15 is 0 Å². The SMILES string of the molecule is C=C(C)N1CCCn2nc(C(=N)N(C)C)c(C)c2C1. The number of nitrogens with zero attached hydrogens (tertiary/aromatic N) is 4. The predicted molar refractivity (Wildman–Crippen MR) is 77.3 cm³/mol. The number of hydrogen-bond acceptors (Lipinski definition) is 3. The van der Waals surface area contributed by atoms with Gasteiger partial charge in [-0.1, -0.05) is 6.58 Å². The van der Waals surface area contributed by atoms with Crippen molar-refractivity contribution in [1.29, 1.82) is 5.41 Å². The molecule has 0 spiro atoms. The molecule has 0 aromatic carbocycles. The van der Waals surface area contributed by atoms with Gasteiger partial charge in [0, 0.05) is 38.4 Å². The van der Waals surface area contributed by atoms with Crippen LogP contribution in [0.4, 0.5) is 0 Å². The molecule has 1 N–H and O–H groups in total. The van der Waals surface area contributed by atoms with E-state index in [4.69, 9.17) is 5.41 Å². The second kappa shape index (κ2) is 5.07. The fourth-order valence-electron chi connectivity index (χ4n) is 2.41. The van der Waals surface area contributed by atoms with Crippen molar-refractivity contribution in [3.63, 3.8) is 0 Å². The Labute approximate surface area is 115 Å². The van der Waals surface area contributed by atoms with Crippen LogP contribution < -0.4 is 0 Å². The van der Waals surface area contributed by atoms with Gasteiger partial charge in [-0.3, -0.25) is 10.1 Å². The lowest BCUT2D eigenvalue weighted by atomic mass is 10.1. The Morgan fingerprint density at radius 1 is 1.37 bits per heavy atom. The Balaban J connectivity index is 2.38. The van der Waals surface area contributed by atoms with Crippen LogP contribution in [0.5, 0.6) is 0 Å². The molecule has 0 saturated heterocycles. The first kappa shape index (κ1) is 13.6. The van der Waals surface area contributed by atoms with Crippen LogP contribution in [-0.2, 0) is 13.1 Å². The number of aryl methyl sites for hydroxylation is 1. The third-order valence-electron chi connectivity index (χ3n) is 3.67. The zero-order valence-electron chi connectivity index (χ0n) is 12.3. The number of hydrogen-bond donors (Lipinski definition) is 1. The molecule has 0 bridgehead atoms. The number of amidine groups is 1. The highest BCUT2D eigenvalue weighted by atomic mass is 15.3. The van der Waals surface area contributed by atoms with Gasteiger partial charge in [0.15, 0.2) is 0 Å². The normalized spacial score (nSPS) is 14.8. The van der Waals surface area contributed by atoms with Crippen molar-refractivity contribution in [2.24, 2.45) is 0 Å². The average molecular weight is 261 g/mol. The van der Waals surface area contributed by atoms with E-state index in [0.29, 0.717) is 5.84 Å². The van der Waals surface area contributed by atoms with Crippen molar-refractivity contribution in [2.75, 3.05) is 20.6 Å². The summed E-state index contributed by atoms with van der Waals surface area (Å²) in [6, 6.07) is 0. The Hall–Kier alpha value is -1.78. The van der Waals surface area contributed by atoms with Crippen LogP contribution in [-0.4, -0.2) is 46.1 Å². The smallest absolute Gasteiger partial charge is 0.148 e. The van der Waals surface area contributed by atoms with Crippen molar-refractivity contribution >= 4 is 5.84 Å². The number of allylic oxidation sites excluding steroid dienone is 1. The molecule has 0 radical (unpaired) electrons. The number of nitrogens with one attached hydrogen (secondary N) is 1. The summed E-state index contributed by atoms with van der Waals surface area (Å²) >= 11 is 0. The molecule has 0 aliphatic carbocycles. The molecule has 0 fully saturated rings. The number of rotatable bonds is 2. The number of fused-ring (bicyclic) bond motifs is 1. The van der Waals surface area contributed by atoms with Gasteiger partial charge in [-0.2, -0.15) is 5.10 Å². The Bertz CT molecular complexity index is 512. The third-order valence-corrected chi connectivity index (χ3v) is 3.67. The summed E-state index contributed by atoms with van der Waals surface area (Å²) in [5.74, 6) is 0.472. The Morgan fingerprint density at radius 2 is 2.05 bits per heavy atom. The standard InChI is InChI=1S/C14H23N5/c1-10(2)18-7-6-8-19-12(9-18)11(3)13(16-19)14(15)17(4)5/h15H,1,6-9H2,2-5H3. The van der Waals surface area contributed by atoms with Crippen molar-refractivity contribution in [2.45, 2.75) is 33.4 Å². The lowest BCUT2D eigenvalue weighted by Gasteiger charge is -2.22. The van der Waals surface area contributed by atoms with Crippen LogP contribution in [0.1, 0.15) is 30.3 Å². The fraction of sp³-hybridized carbons (Fsp3) is 0.571. The highest BCUT2D eigenvalue weighted by Gasteiger charge is 2.22. The van der Waals surface area contributed by atoms with Gasteiger partial charge < -0.3 is 9.80 Å². The van der Waals surface area contributed by atoms with Gasteiger partial charge in [0.25, 0.3) is 0 Å². The second-order valence-electron chi connectivity index (χ2n) is 5.40. The summed E-state index contributed by atoms with van der Waals surface area (Å²) in [7, 11) is 3.76. The molecule has 2 rings (SSSR count). The van der Waals surface area contributed by atoms with E-state index < -0.39 is 0 Å². The van der Waals surface area contributed by atoms with E-state index in [2.05, 4.69) is 28.2 Å². The zero-order chi connectivity index (χ0) is 14.2. The molecule has 1 aromatic rings. The molecular weight excluding hydrogens is 238 g/mol. The van der Waals surface area contributed by atoms with Crippen LogP contribution in [0.2, 0.25) is 0 Å². The zero-order valence-corrected chi connectivity index (χ0v) is 12.3. The molecule has 0 saturated carbocycles. The van der Waals surface area contributed by atoms with Crippen molar-refractivity contribution < 1.29 is 0 Å². The first-order chi connectivity index (χ1) is 8.91. The average Bonchev–Trinajstić information content (AvgIpc) is 2.54. The van der Waals surface area contributed by atoms with E-state index in [1.807, 2.05) is 21.0 Å². The van der Waals surface area contributed by atoms with Crippen molar-refractivity contribution in [3.8, 4) is 0 Å². The van der Waals surface area contributed by atoms with E-state index in [1.165, 1.54) is 5.69 Å². The first-order valence-electron chi connectivity index (χ1n) is 6.64. The molecule has 0 atom stereocenters. The lowest BCUT2D eigenvalue weighted by molar-refractivity contribution is 0.343. The maximum absolute atomic E-state index is 8.11. The van der Waals surface area contributed by atoms with Crippen LogP contribution in [0.3, 0.4) is 0 Å². The van der Waals surface area contributed by atoms with Crippen molar-refractivity contribution in [3.05, 3.63) is 29.2 Å². The van der Waals surface area contributed by atoms with Crippen LogP contribution >= 0.6 is 0 Å². The first-order valence-corrected chi connectivity index (χ1v) is 6.64. The van der Waals surface area contributed by atoms with Gasteiger partial charge in [0.05, 0.1) is 12.2 Å². The summed E-state index contributed by atoms with van der Waals surface area (Å²) in [4.78, 5) is 4.09.